The van der Waals surface area contributed by atoms with Gasteiger partial charge in [-0.25, -0.2) is 0 Å². The van der Waals surface area contributed by atoms with Gasteiger partial charge in [-0.15, -0.1) is 0 Å². The number of rotatable bonds is 4. The van der Waals surface area contributed by atoms with E-state index in [9.17, 15) is 0 Å². The summed E-state index contributed by atoms with van der Waals surface area (Å²) in [4.78, 5) is 5.75. The second-order valence-corrected chi connectivity index (χ2v) is 4.97. The molecule has 2 heteroatoms. The zero-order valence-corrected chi connectivity index (χ0v) is 12.1. The van der Waals surface area contributed by atoms with Gasteiger partial charge in [0.15, 0.2) is 0 Å². The summed E-state index contributed by atoms with van der Waals surface area (Å²) >= 11 is 0. The van der Waals surface area contributed by atoms with Gasteiger partial charge in [-0.2, -0.15) is 0 Å². The zero-order chi connectivity index (χ0) is 13.9. The Morgan fingerprint density at radius 1 is 0.950 bits per heavy atom. The van der Waals surface area contributed by atoms with Crippen molar-refractivity contribution in [2.24, 2.45) is 0 Å². The molecule has 102 valence electrons. The first-order chi connectivity index (χ1) is 9.83. The number of nitrogens with one attached hydrogen (secondary N) is 1. The number of anilines is 1. The van der Waals surface area contributed by atoms with Crippen LogP contribution < -0.4 is 4.90 Å². The molecule has 0 fully saturated rings. The molecule has 1 heterocycles. The minimum atomic E-state index is 1.03. The summed E-state index contributed by atoms with van der Waals surface area (Å²) in [5.74, 6) is 0. The minimum Gasteiger partial charge on any atom is -0.372 e. The van der Waals surface area contributed by atoms with Crippen LogP contribution in [0.4, 0.5) is 5.69 Å². The summed E-state index contributed by atoms with van der Waals surface area (Å²) in [5, 5.41) is 1.29. The highest BCUT2D eigenvalue weighted by atomic mass is 15.1. The van der Waals surface area contributed by atoms with Crippen molar-refractivity contribution in [2.75, 3.05) is 18.0 Å². The maximum absolute atomic E-state index is 3.37. The molecule has 0 atom stereocenters. The van der Waals surface area contributed by atoms with Gasteiger partial charge in [0.2, 0.25) is 0 Å². The summed E-state index contributed by atoms with van der Waals surface area (Å²) in [5.41, 5.74) is 5.02. The number of aromatic nitrogens is 1. The molecule has 0 saturated carbocycles. The van der Waals surface area contributed by atoms with Crippen LogP contribution in [0.5, 0.6) is 0 Å². The van der Waals surface area contributed by atoms with Gasteiger partial charge in [-0.1, -0.05) is 30.3 Å². The monoisotopic (exact) mass is 264 g/mol. The second kappa shape index (κ2) is 5.41. The van der Waals surface area contributed by atoms with Gasteiger partial charge in [-0.3, -0.25) is 0 Å². The molecule has 3 aromatic rings. The van der Waals surface area contributed by atoms with Crippen LogP contribution in [0.1, 0.15) is 13.8 Å². The zero-order valence-electron chi connectivity index (χ0n) is 12.1. The fourth-order valence-electron chi connectivity index (χ4n) is 2.75. The third kappa shape index (κ3) is 2.18. The molecule has 0 aliphatic heterocycles. The Bertz CT molecular complexity index is 694. The summed E-state index contributed by atoms with van der Waals surface area (Å²) < 4.78 is 0. The van der Waals surface area contributed by atoms with Gasteiger partial charge >= 0.3 is 0 Å². The number of H-pyrrole nitrogens is 1. The topological polar surface area (TPSA) is 19.0 Å². The third-order valence-electron chi connectivity index (χ3n) is 3.88. The van der Waals surface area contributed by atoms with Gasteiger partial charge in [0.1, 0.15) is 0 Å². The van der Waals surface area contributed by atoms with Crippen LogP contribution >= 0.6 is 0 Å². The van der Waals surface area contributed by atoms with Crippen molar-refractivity contribution in [1.82, 2.24) is 4.98 Å². The quantitative estimate of drug-likeness (QED) is 0.725. The van der Waals surface area contributed by atoms with E-state index < -0.39 is 0 Å². The lowest BCUT2D eigenvalue weighted by Crippen LogP contribution is -2.21. The van der Waals surface area contributed by atoms with E-state index in [2.05, 4.69) is 78.5 Å². The van der Waals surface area contributed by atoms with Crippen LogP contribution in [0.3, 0.4) is 0 Å². The maximum Gasteiger partial charge on any atom is 0.0461 e. The van der Waals surface area contributed by atoms with Crippen molar-refractivity contribution >= 4 is 16.6 Å². The first-order valence-electron chi connectivity index (χ1n) is 7.25. The Labute approximate surface area is 120 Å². The maximum atomic E-state index is 3.37. The largest absolute Gasteiger partial charge is 0.372 e. The fourth-order valence-corrected chi connectivity index (χ4v) is 2.75. The van der Waals surface area contributed by atoms with Crippen molar-refractivity contribution in [3.63, 3.8) is 0 Å². The number of benzene rings is 2. The molecule has 1 aromatic heterocycles. The number of nitrogens with zero attached hydrogens (tertiary/aromatic N) is 1. The van der Waals surface area contributed by atoms with E-state index in [-0.39, 0.29) is 0 Å². The summed E-state index contributed by atoms with van der Waals surface area (Å²) in [6.07, 6.45) is 2.10. The van der Waals surface area contributed by atoms with Crippen molar-refractivity contribution in [1.29, 1.82) is 0 Å². The van der Waals surface area contributed by atoms with Crippen molar-refractivity contribution < 1.29 is 0 Å². The molecule has 0 unspecified atom stereocenters. The van der Waals surface area contributed by atoms with Gasteiger partial charge < -0.3 is 9.88 Å². The Hall–Kier alpha value is -2.22. The average molecular weight is 264 g/mol. The van der Waals surface area contributed by atoms with Gasteiger partial charge in [0.05, 0.1) is 0 Å². The van der Waals surface area contributed by atoms with Gasteiger partial charge in [0.25, 0.3) is 0 Å². The Balaban J connectivity index is 2.13. The van der Waals surface area contributed by atoms with Gasteiger partial charge in [0, 0.05) is 41.4 Å². The molecule has 20 heavy (non-hydrogen) atoms. The lowest BCUT2D eigenvalue weighted by Gasteiger charge is -2.21. The summed E-state index contributed by atoms with van der Waals surface area (Å²) in [6, 6.07) is 17.2. The minimum absolute atomic E-state index is 1.03. The van der Waals surface area contributed by atoms with E-state index in [0.717, 1.165) is 13.1 Å². The molecule has 0 bridgehead atoms. The third-order valence-corrected chi connectivity index (χ3v) is 3.88. The highest BCUT2D eigenvalue weighted by Crippen LogP contribution is 2.31. The molecule has 0 saturated heterocycles. The van der Waals surface area contributed by atoms with E-state index in [4.69, 9.17) is 0 Å². The highest BCUT2D eigenvalue weighted by molar-refractivity contribution is 5.97. The lowest BCUT2D eigenvalue weighted by molar-refractivity contribution is 0.867. The lowest BCUT2D eigenvalue weighted by atomic mass is 10.0. The smallest absolute Gasteiger partial charge is 0.0461 e. The van der Waals surface area contributed by atoms with E-state index in [0.29, 0.717) is 0 Å². The Morgan fingerprint density at radius 2 is 1.70 bits per heavy atom. The first kappa shape index (κ1) is 12.8. The molecule has 2 nitrogen and oxygen atoms in total. The fraction of sp³-hybridized carbons (Fsp3) is 0.222. The molecule has 0 amide bonds. The predicted molar refractivity (Wildman–Crippen MR) is 87.3 cm³/mol. The molecule has 0 aliphatic carbocycles. The van der Waals surface area contributed by atoms with Gasteiger partial charge in [-0.05, 0) is 37.6 Å². The molecule has 0 radical (unpaired) electrons. The molecular weight excluding hydrogens is 244 g/mol. The second-order valence-electron chi connectivity index (χ2n) is 4.97. The molecule has 1 N–H and O–H groups in total. The molecule has 0 spiro atoms. The summed E-state index contributed by atoms with van der Waals surface area (Å²) in [6.45, 7) is 6.46. The van der Waals surface area contributed by atoms with Crippen molar-refractivity contribution in [2.45, 2.75) is 13.8 Å². The molecule has 3 rings (SSSR count). The van der Waals surface area contributed by atoms with E-state index in [1.807, 2.05) is 0 Å². The summed E-state index contributed by atoms with van der Waals surface area (Å²) in [7, 11) is 0. The van der Waals surface area contributed by atoms with E-state index in [1.165, 1.54) is 27.7 Å². The van der Waals surface area contributed by atoms with Crippen LogP contribution in [0.25, 0.3) is 22.0 Å². The normalized spacial score (nSPS) is 10.9. The van der Waals surface area contributed by atoms with Crippen LogP contribution in [0.2, 0.25) is 0 Å². The average Bonchev–Trinajstić information content (AvgIpc) is 2.93. The Kier molecular flexibility index (Phi) is 3.46. The standard InChI is InChI=1S/C18H20N2/c1-3-20(4-2)15-10-11-18-16(12-15)17(13-19-18)14-8-6-5-7-9-14/h5-13,19H,3-4H2,1-2H3. The van der Waals surface area contributed by atoms with E-state index in [1.54, 1.807) is 0 Å². The molecular formula is C18H20N2. The number of fused-ring (bicyclic) bond motifs is 1. The number of aromatic amines is 1. The number of hydrogen-bond acceptors (Lipinski definition) is 1. The molecule has 0 aliphatic rings. The number of hydrogen-bond donors (Lipinski definition) is 1. The van der Waals surface area contributed by atoms with Crippen LogP contribution in [0, 0.1) is 0 Å². The van der Waals surface area contributed by atoms with Crippen LogP contribution in [-0.4, -0.2) is 18.1 Å². The predicted octanol–water partition coefficient (Wildman–Crippen LogP) is 4.68. The van der Waals surface area contributed by atoms with Crippen LogP contribution in [-0.2, 0) is 0 Å². The van der Waals surface area contributed by atoms with Crippen molar-refractivity contribution in [3.05, 3.63) is 54.7 Å². The van der Waals surface area contributed by atoms with E-state index >= 15 is 0 Å². The molecule has 2 aromatic carbocycles. The first-order valence-corrected chi connectivity index (χ1v) is 7.25. The SMILES string of the molecule is CCN(CC)c1ccc2[nH]cc(-c3ccccc3)c2c1. The van der Waals surface area contributed by atoms with Crippen LogP contribution in [0.15, 0.2) is 54.7 Å². The van der Waals surface area contributed by atoms with Crippen molar-refractivity contribution in [3.8, 4) is 11.1 Å². The Morgan fingerprint density at radius 3 is 2.40 bits per heavy atom. The highest BCUT2D eigenvalue weighted by Gasteiger charge is 2.08.